The van der Waals surface area contributed by atoms with Crippen LogP contribution in [0.2, 0.25) is 0 Å². The molecule has 4 saturated carbocycles. The molecule has 0 amide bonds. The first kappa shape index (κ1) is 34.7. The van der Waals surface area contributed by atoms with Gasteiger partial charge in [-0.05, 0) is 124 Å². The van der Waals surface area contributed by atoms with Gasteiger partial charge in [0.1, 0.15) is 24.4 Å². The van der Waals surface area contributed by atoms with Gasteiger partial charge in [-0.3, -0.25) is 0 Å². The van der Waals surface area contributed by atoms with Crippen LogP contribution in [0.4, 0.5) is 0 Å². The molecule has 1 aliphatic heterocycles. The van der Waals surface area contributed by atoms with E-state index in [-0.39, 0.29) is 39.6 Å². The Bertz CT molecular complexity index is 1070. The number of hydrogen-bond acceptors (Lipinski definition) is 8. The van der Waals surface area contributed by atoms with Crippen LogP contribution in [0.5, 0.6) is 0 Å². The molecule has 8 nitrogen and oxygen atoms in total. The second kappa shape index (κ2) is 11.8. The minimum absolute atomic E-state index is 0.0231. The van der Waals surface area contributed by atoms with E-state index in [1.807, 2.05) is 6.92 Å². The number of fused-ring (bicyclic) bond motifs is 5. The fourth-order valence-electron chi connectivity index (χ4n) is 11.9. The lowest BCUT2D eigenvalue weighted by molar-refractivity contribution is -0.332. The molecule has 5 rings (SSSR count). The first-order valence-electron chi connectivity index (χ1n) is 17.3. The average molecular weight is 623 g/mol. The summed E-state index contributed by atoms with van der Waals surface area (Å²) in [5, 5.41) is 64.8. The summed E-state index contributed by atoms with van der Waals surface area (Å²) >= 11 is 0. The van der Waals surface area contributed by atoms with E-state index in [1.165, 1.54) is 5.57 Å². The fourth-order valence-corrected chi connectivity index (χ4v) is 11.9. The average Bonchev–Trinajstić information content (AvgIpc) is 3.32. The Kier molecular flexibility index (Phi) is 9.35. The maximum Gasteiger partial charge on any atom is 0.186 e. The van der Waals surface area contributed by atoms with E-state index >= 15 is 0 Å². The van der Waals surface area contributed by atoms with Crippen molar-refractivity contribution >= 4 is 0 Å². The molecular formula is C36H62O8. The minimum atomic E-state index is -1.46. The molecule has 0 aromatic carbocycles. The van der Waals surface area contributed by atoms with E-state index in [2.05, 4.69) is 54.5 Å². The molecule has 0 unspecified atom stereocenters. The lowest BCUT2D eigenvalue weighted by Crippen LogP contribution is -2.67. The van der Waals surface area contributed by atoms with Crippen LogP contribution in [0.25, 0.3) is 0 Å². The van der Waals surface area contributed by atoms with Crippen molar-refractivity contribution in [2.75, 3.05) is 6.61 Å². The van der Waals surface area contributed by atoms with Crippen LogP contribution in [-0.2, 0) is 9.47 Å². The first-order chi connectivity index (χ1) is 20.3. The molecule has 15 atom stereocenters. The van der Waals surface area contributed by atoms with E-state index in [0.717, 1.165) is 51.4 Å². The van der Waals surface area contributed by atoms with E-state index in [9.17, 15) is 30.6 Å². The molecule has 0 aromatic heterocycles. The van der Waals surface area contributed by atoms with Crippen LogP contribution < -0.4 is 0 Å². The zero-order chi connectivity index (χ0) is 32.6. The number of ether oxygens (including phenoxy) is 2. The molecule has 0 aromatic rings. The highest BCUT2D eigenvalue weighted by Gasteiger charge is 2.71. The third-order valence-electron chi connectivity index (χ3n) is 14.5. The SMILES string of the molecule is CC(C)=CCC[C@@](C)(O)[C@H]1CC[C@]2(C)[C@@H]1[C@H](O)C[C@H]1[C@@]3(C)CC[C@H](O[C@@H]4O[C@H](CO)[C@@H](O)[C@H](O)[C@H]4O)C(C)(C)[C@H]3CC[C@]12C. The molecule has 5 aliphatic rings. The zero-order valence-electron chi connectivity index (χ0n) is 28.5. The molecule has 1 heterocycles. The monoisotopic (exact) mass is 622 g/mol. The van der Waals surface area contributed by atoms with E-state index in [1.54, 1.807) is 0 Å². The summed E-state index contributed by atoms with van der Waals surface area (Å²) in [6.07, 6.45) is 3.15. The van der Waals surface area contributed by atoms with Crippen molar-refractivity contribution in [3.63, 3.8) is 0 Å². The van der Waals surface area contributed by atoms with Gasteiger partial charge in [0.05, 0.1) is 24.4 Å². The molecule has 1 saturated heterocycles. The number of aliphatic hydroxyl groups is 6. The molecule has 6 N–H and O–H groups in total. The Morgan fingerprint density at radius 2 is 1.55 bits per heavy atom. The largest absolute Gasteiger partial charge is 0.394 e. The number of aliphatic hydroxyl groups excluding tert-OH is 5. The van der Waals surface area contributed by atoms with Crippen molar-refractivity contribution in [3.05, 3.63) is 11.6 Å². The summed E-state index contributed by atoms with van der Waals surface area (Å²) < 4.78 is 12.2. The van der Waals surface area contributed by atoms with Gasteiger partial charge in [0.2, 0.25) is 0 Å². The summed E-state index contributed by atoms with van der Waals surface area (Å²) in [6, 6.07) is 0. The van der Waals surface area contributed by atoms with Crippen molar-refractivity contribution in [1.82, 2.24) is 0 Å². The maximum absolute atomic E-state index is 12.0. The second-order valence-corrected chi connectivity index (χ2v) is 17.3. The Hall–Kier alpha value is -0.580. The second-order valence-electron chi connectivity index (χ2n) is 17.3. The highest BCUT2D eigenvalue weighted by molar-refractivity contribution is 5.20. The van der Waals surface area contributed by atoms with Crippen LogP contribution in [-0.4, -0.2) is 85.8 Å². The van der Waals surface area contributed by atoms with Gasteiger partial charge in [0.25, 0.3) is 0 Å². The fraction of sp³-hybridized carbons (Fsp3) is 0.944. The predicted octanol–water partition coefficient (Wildman–Crippen LogP) is 4.32. The van der Waals surface area contributed by atoms with Gasteiger partial charge < -0.3 is 40.1 Å². The smallest absolute Gasteiger partial charge is 0.186 e. The lowest BCUT2D eigenvalue weighted by Gasteiger charge is -2.70. The van der Waals surface area contributed by atoms with Crippen molar-refractivity contribution < 1.29 is 40.1 Å². The van der Waals surface area contributed by atoms with Crippen molar-refractivity contribution in [2.24, 2.45) is 45.3 Å². The number of hydrogen-bond donors (Lipinski definition) is 6. The molecule has 8 heteroatoms. The maximum atomic E-state index is 12.0. The molecular weight excluding hydrogens is 560 g/mol. The Labute approximate surface area is 265 Å². The van der Waals surface area contributed by atoms with Gasteiger partial charge in [0.15, 0.2) is 6.29 Å². The van der Waals surface area contributed by atoms with E-state index in [4.69, 9.17) is 9.47 Å². The van der Waals surface area contributed by atoms with Crippen LogP contribution in [0.1, 0.15) is 113 Å². The van der Waals surface area contributed by atoms with Crippen LogP contribution in [0, 0.1) is 45.3 Å². The lowest BCUT2D eigenvalue weighted by atomic mass is 9.35. The Balaban J connectivity index is 1.37. The molecule has 0 spiro atoms. The summed E-state index contributed by atoms with van der Waals surface area (Å²) in [5.74, 6) is 0.792. The molecule has 0 bridgehead atoms. The van der Waals surface area contributed by atoms with Crippen LogP contribution in [0.15, 0.2) is 11.6 Å². The molecule has 44 heavy (non-hydrogen) atoms. The molecule has 0 radical (unpaired) electrons. The van der Waals surface area contributed by atoms with Crippen molar-refractivity contribution in [1.29, 1.82) is 0 Å². The third kappa shape index (κ3) is 5.26. The normalized spacial score (nSPS) is 51.5. The summed E-state index contributed by atoms with van der Waals surface area (Å²) in [6.45, 7) is 17.5. The van der Waals surface area contributed by atoms with E-state index in [0.29, 0.717) is 18.3 Å². The molecule has 254 valence electrons. The van der Waals surface area contributed by atoms with Crippen molar-refractivity contribution in [2.45, 2.75) is 162 Å². The quantitative estimate of drug-likeness (QED) is 0.182. The van der Waals surface area contributed by atoms with Gasteiger partial charge in [-0.25, -0.2) is 0 Å². The van der Waals surface area contributed by atoms with Gasteiger partial charge >= 0.3 is 0 Å². The third-order valence-corrected chi connectivity index (χ3v) is 14.5. The predicted molar refractivity (Wildman–Crippen MR) is 168 cm³/mol. The van der Waals surface area contributed by atoms with Crippen molar-refractivity contribution in [3.8, 4) is 0 Å². The van der Waals surface area contributed by atoms with Gasteiger partial charge in [0, 0.05) is 0 Å². The minimum Gasteiger partial charge on any atom is -0.394 e. The molecule has 5 fully saturated rings. The van der Waals surface area contributed by atoms with E-state index < -0.39 is 49.0 Å². The standard InChI is InChI=1S/C36H62O8/c1-20(2)10-9-14-36(8,42)21-11-16-35(7)27(21)22(38)18-25-33(5)15-13-26(32(3,4)24(33)12-17-34(25,35)6)44-31-30(41)29(40)28(39)23(19-37)43-31/h10,21-31,37-42H,9,11-19H2,1-8H3/t21-,22+,23+,24+,25-,26-,27-,28+,29-,30+,31-,33-,34+,35+,36+/m0/s1. The van der Waals surface area contributed by atoms with Gasteiger partial charge in [-0.1, -0.05) is 46.3 Å². The Morgan fingerprint density at radius 1 is 0.886 bits per heavy atom. The topological polar surface area (TPSA) is 140 Å². The van der Waals surface area contributed by atoms with Crippen LogP contribution in [0.3, 0.4) is 0 Å². The first-order valence-corrected chi connectivity index (χ1v) is 17.3. The zero-order valence-corrected chi connectivity index (χ0v) is 28.5. The number of allylic oxidation sites excluding steroid dienone is 2. The highest BCUT2D eigenvalue weighted by Crippen LogP contribution is 2.76. The molecule has 4 aliphatic carbocycles. The highest BCUT2D eigenvalue weighted by atomic mass is 16.7. The van der Waals surface area contributed by atoms with Gasteiger partial charge in [-0.2, -0.15) is 0 Å². The van der Waals surface area contributed by atoms with Gasteiger partial charge in [-0.15, -0.1) is 0 Å². The summed E-state index contributed by atoms with van der Waals surface area (Å²) in [5.41, 5.74) is 0.122. The summed E-state index contributed by atoms with van der Waals surface area (Å²) in [7, 11) is 0. The number of rotatable bonds is 7. The summed E-state index contributed by atoms with van der Waals surface area (Å²) in [4.78, 5) is 0. The van der Waals surface area contributed by atoms with Crippen LogP contribution >= 0.6 is 0 Å². The Morgan fingerprint density at radius 3 is 2.18 bits per heavy atom.